The van der Waals surface area contributed by atoms with Gasteiger partial charge in [-0.25, -0.2) is 9.18 Å². The Morgan fingerprint density at radius 1 is 1.13 bits per heavy atom. The van der Waals surface area contributed by atoms with Crippen LogP contribution in [-0.4, -0.2) is 17.7 Å². The van der Waals surface area contributed by atoms with Crippen LogP contribution < -0.4 is 4.74 Å². The fourth-order valence-electron chi connectivity index (χ4n) is 4.93. The second-order valence-corrected chi connectivity index (χ2v) is 8.45. The summed E-state index contributed by atoms with van der Waals surface area (Å²) < 4.78 is 19.3. The smallest absolute Gasteiger partial charge is 0.341 e. The molecule has 1 saturated carbocycles. The molecule has 0 bridgehead atoms. The summed E-state index contributed by atoms with van der Waals surface area (Å²) in [6.07, 6.45) is 4.40. The van der Waals surface area contributed by atoms with E-state index >= 15 is 0 Å². The van der Waals surface area contributed by atoms with E-state index in [1.54, 1.807) is 6.07 Å². The highest BCUT2D eigenvalue weighted by Crippen LogP contribution is 2.43. The van der Waals surface area contributed by atoms with Gasteiger partial charge in [-0.3, -0.25) is 0 Å². The molecule has 1 aliphatic rings. The van der Waals surface area contributed by atoms with Gasteiger partial charge in [0.25, 0.3) is 0 Å². The SMILES string of the molecule is C[C@@H](CC1CCC(c2ccc(OCC(=O)O)c(F)c2)C1)c1cccc2ccccc12. The molecule has 0 saturated heterocycles. The molecular formula is C26H27FO3. The van der Waals surface area contributed by atoms with Crippen LogP contribution in [0.1, 0.15) is 55.6 Å². The standard InChI is InChI=1S/C26H27FO3/c1-17(22-8-4-6-19-5-2-3-7-23(19)22)13-18-9-10-20(14-18)21-11-12-25(24(27)15-21)30-16-26(28)29/h2-8,11-12,15,17-18,20H,9-10,13-14,16H2,1H3,(H,28,29)/t17-,18?,20?/m0/s1. The number of carboxylic acid groups (broad SMARTS) is 1. The Morgan fingerprint density at radius 3 is 2.73 bits per heavy atom. The number of fused-ring (bicyclic) bond motifs is 1. The summed E-state index contributed by atoms with van der Waals surface area (Å²) in [5.41, 5.74) is 2.39. The van der Waals surface area contributed by atoms with Crippen LogP contribution in [0, 0.1) is 11.7 Å². The normalized spacial score (nSPS) is 19.7. The molecule has 4 rings (SSSR count). The molecule has 30 heavy (non-hydrogen) atoms. The van der Waals surface area contributed by atoms with E-state index in [1.165, 1.54) is 22.4 Å². The van der Waals surface area contributed by atoms with E-state index in [4.69, 9.17) is 9.84 Å². The Balaban J connectivity index is 1.41. The minimum atomic E-state index is -1.11. The first kappa shape index (κ1) is 20.4. The third kappa shape index (κ3) is 4.48. The lowest BCUT2D eigenvalue weighted by Gasteiger charge is -2.19. The third-order valence-electron chi connectivity index (χ3n) is 6.36. The number of rotatable bonds is 7. The van der Waals surface area contributed by atoms with Gasteiger partial charge in [0.2, 0.25) is 0 Å². The van der Waals surface area contributed by atoms with Gasteiger partial charge in [-0.2, -0.15) is 0 Å². The van der Waals surface area contributed by atoms with E-state index in [0.29, 0.717) is 17.8 Å². The molecule has 0 aromatic heterocycles. The summed E-state index contributed by atoms with van der Waals surface area (Å²) in [6.45, 7) is 1.77. The molecule has 1 aliphatic carbocycles. The number of carbonyl (C=O) groups is 1. The van der Waals surface area contributed by atoms with Crippen molar-refractivity contribution in [3.05, 3.63) is 77.6 Å². The van der Waals surface area contributed by atoms with Gasteiger partial charge in [0.15, 0.2) is 18.2 Å². The van der Waals surface area contributed by atoms with Crippen LogP contribution in [0.3, 0.4) is 0 Å². The van der Waals surface area contributed by atoms with Crippen LogP contribution in [0.4, 0.5) is 4.39 Å². The second-order valence-electron chi connectivity index (χ2n) is 8.45. The highest BCUT2D eigenvalue weighted by atomic mass is 19.1. The molecule has 0 radical (unpaired) electrons. The largest absolute Gasteiger partial charge is 0.479 e. The van der Waals surface area contributed by atoms with E-state index in [2.05, 4.69) is 49.4 Å². The van der Waals surface area contributed by atoms with Crippen LogP contribution >= 0.6 is 0 Å². The van der Waals surface area contributed by atoms with Crippen LogP contribution in [0.25, 0.3) is 10.8 Å². The molecule has 3 nitrogen and oxygen atoms in total. The summed E-state index contributed by atoms with van der Waals surface area (Å²) in [5, 5.41) is 11.3. The maximum atomic E-state index is 14.3. The molecule has 0 heterocycles. The van der Waals surface area contributed by atoms with E-state index in [1.807, 2.05) is 6.07 Å². The molecule has 0 aliphatic heterocycles. The molecule has 1 fully saturated rings. The summed E-state index contributed by atoms with van der Waals surface area (Å²) in [4.78, 5) is 10.6. The number of hydrogen-bond donors (Lipinski definition) is 1. The second kappa shape index (κ2) is 8.86. The first-order valence-electron chi connectivity index (χ1n) is 10.6. The average molecular weight is 406 g/mol. The van der Waals surface area contributed by atoms with Crippen molar-refractivity contribution in [3.8, 4) is 5.75 Å². The van der Waals surface area contributed by atoms with Crippen molar-refractivity contribution in [2.45, 2.75) is 44.4 Å². The van der Waals surface area contributed by atoms with Crippen LogP contribution in [0.2, 0.25) is 0 Å². The van der Waals surface area contributed by atoms with Gasteiger partial charge in [0, 0.05) is 0 Å². The summed E-state index contributed by atoms with van der Waals surface area (Å²) in [7, 11) is 0. The van der Waals surface area contributed by atoms with Crippen LogP contribution in [0.15, 0.2) is 60.7 Å². The summed E-state index contributed by atoms with van der Waals surface area (Å²) in [5.74, 6) is -0.157. The molecule has 1 N–H and O–H groups in total. The Labute approximate surface area is 176 Å². The molecular weight excluding hydrogens is 379 g/mol. The maximum Gasteiger partial charge on any atom is 0.341 e. The van der Waals surface area contributed by atoms with Crippen molar-refractivity contribution >= 4 is 16.7 Å². The van der Waals surface area contributed by atoms with Gasteiger partial charge in [-0.05, 0) is 77.5 Å². The highest BCUT2D eigenvalue weighted by Gasteiger charge is 2.28. The Kier molecular flexibility index (Phi) is 6.03. The molecule has 2 unspecified atom stereocenters. The third-order valence-corrected chi connectivity index (χ3v) is 6.36. The van der Waals surface area contributed by atoms with Gasteiger partial charge < -0.3 is 9.84 Å². The molecule has 156 valence electrons. The van der Waals surface area contributed by atoms with Crippen molar-refractivity contribution in [3.63, 3.8) is 0 Å². The van der Waals surface area contributed by atoms with Crippen molar-refractivity contribution in [1.29, 1.82) is 0 Å². The van der Waals surface area contributed by atoms with E-state index in [9.17, 15) is 9.18 Å². The number of halogens is 1. The number of carboxylic acids is 1. The summed E-state index contributed by atoms with van der Waals surface area (Å²) in [6, 6.07) is 20.0. The predicted octanol–water partition coefficient (Wildman–Crippen LogP) is 6.52. The van der Waals surface area contributed by atoms with Gasteiger partial charge >= 0.3 is 5.97 Å². The number of benzene rings is 3. The van der Waals surface area contributed by atoms with Crippen LogP contribution in [0.5, 0.6) is 5.75 Å². The monoisotopic (exact) mass is 406 g/mol. The molecule has 0 amide bonds. The van der Waals surface area contributed by atoms with Gasteiger partial charge in [0.05, 0.1) is 0 Å². The van der Waals surface area contributed by atoms with Crippen molar-refractivity contribution < 1.29 is 19.0 Å². The first-order chi connectivity index (χ1) is 14.5. The van der Waals surface area contributed by atoms with E-state index < -0.39 is 18.4 Å². The molecule has 0 spiro atoms. The van der Waals surface area contributed by atoms with Crippen molar-refractivity contribution in [2.24, 2.45) is 5.92 Å². The van der Waals surface area contributed by atoms with Gasteiger partial charge in [-0.15, -0.1) is 0 Å². The fourth-order valence-corrected chi connectivity index (χ4v) is 4.93. The number of ether oxygens (including phenoxy) is 1. The number of hydrogen-bond acceptors (Lipinski definition) is 2. The Morgan fingerprint density at radius 2 is 1.93 bits per heavy atom. The number of aliphatic carboxylic acids is 1. The lowest BCUT2D eigenvalue weighted by Crippen LogP contribution is -2.10. The zero-order valence-electron chi connectivity index (χ0n) is 17.2. The average Bonchev–Trinajstić information content (AvgIpc) is 3.20. The minimum Gasteiger partial charge on any atom is -0.479 e. The predicted molar refractivity (Wildman–Crippen MR) is 117 cm³/mol. The molecule has 3 atom stereocenters. The fraction of sp³-hybridized carbons (Fsp3) is 0.346. The summed E-state index contributed by atoms with van der Waals surface area (Å²) >= 11 is 0. The molecule has 3 aromatic carbocycles. The topological polar surface area (TPSA) is 46.5 Å². The zero-order chi connectivity index (χ0) is 21.1. The van der Waals surface area contributed by atoms with Crippen LogP contribution in [-0.2, 0) is 4.79 Å². The highest BCUT2D eigenvalue weighted by molar-refractivity contribution is 5.86. The first-order valence-corrected chi connectivity index (χ1v) is 10.6. The van der Waals surface area contributed by atoms with Gasteiger partial charge in [-0.1, -0.05) is 55.5 Å². The van der Waals surface area contributed by atoms with Gasteiger partial charge in [0.1, 0.15) is 0 Å². The van der Waals surface area contributed by atoms with E-state index in [0.717, 1.165) is 31.2 Å². The molecule has 4 heteroatoms. The van der Waals surface area contributed by atoms with Crippen molar-refractivity contribution in [1.82, 2.24) is 0 Å². The zero-order valence-corrected chi connectivity index (χ0v) is 17.2. The Bertz CT molecular complexity index is 1040. The van der Waals surface area contributed by atoms with Crippen molar-refractivity contribution in [2.75, 3.05) is 6.61 Å². The van der Waals surface area contributed by atoms with E-state index in [-0.39, 0.29) is 5.75 Å². The quantitative estimate of drug-likeness (QED) is 0.486. The maximum absolute atomic E-state index is 14.3. The molecule has 3 aromatic rings. The lowest BCUT2D eigenvalue weighted by molar-refractivity contribution is -0.139. The minimum absolute atomic E-state index is 0.000255. The Hall–Kier alpha value is -2.88. The lowest BCUT2D eigenvalue weighted by atomic mass is 9.86.